The van der Waals surface area contributed by atoms with Gasteiger partial charge in [0.15, 0.2) is 0 Å². The number of thioether (sulfide) groups is 1. The van der Waals surface area contributed by atoms with Crippen LogP contribution in [0.5, 0.6) is 0 Å². The van der Waals surface area contributed by atoms with E-state index in [0.717, 1.165) is 0 Å². The summed E-state index contributed by atoms with van der Waals surface area (Å²) in [5.74, 6) is 0. The maximum absolute atomic E-state index is 2.33. The first kappa shape index (κ1) is 10.6. The standard InChI is InChI=1S/C14H16S/c1-11-6-8-13(9-7-11)15-14-5-3-4-12(2)10-14/h5-10H,3-4H2,1-2H3. The van der Waals surface area contributed by atoms with E-state index in [1.54, 1.807) is 0 Å². The van der Waals surface area contributed by atoms with Crippen LogP contribution in [-0.4, -0.2) is 0 Å². The maximum atomic E-state index is 2.33. The predicted molar refractivity (Wildman–Crippen MR) is 68.1 cm³/mol. The molecule has 0 atom stereocenters. The molecule has 0 unspecified atom stereocenters. The van der Waals surface area contributed by atoms with Crippen molar-refractivity contribution >= 4 is 11.8 Å². The van der Waals surface area contributed by atoms with E-state index >= 15 is 0 Å². The summed E-state index contributed by atoms with van der Waals surface area (Å²) < 4.78 is 0. The van der Waals surface area contributed by atoms with Crippen molar-refractivity contribution in [2.24, 2.45) is 0 Å². The fourth-order valence-electron chi connectivity index (χ4n) is 1.63. The van der Waals surface area contributed by atoms with Crippen LogP contribution in [0, 0.1) is 6.92 Å². The minimum absolute atomic E-state index is 1.19. The molecular formula is C14H16S. The molecule has 1 aliphatic carbocycles. The van der Waals surface area contributed by atoms with Gasteiger partial charge in [-0.05, 0) is 44.9 Å². The van der Waals surface area contributed by atoms with Crippen LogP contribution in [0.4, 0.5) is 0 Å². The SMILES string of the molecule is CC1=CC(Sc2ccc(C)cc2)=CCC1. The molecule has 0 saturated heterocycles. The molecule has 2 rings (SSSR count). The molecule has 0 nitrogen and oxygen atoms in total. The second kappa shape index (κ2) is 4.71. The smallest absolute Gasteiger partial charge is 0.0122 e. The summed E-state index contributed by atoms with van der Waals surface area (Å²) in [6, 6.07) is 8.72. The highest BCUT2D eigenvalue weighted by Crippen LogP contribution is 2.31. The van der Waals surface area contributed by atoms with Gasteiger partial charge in [-0.2, -0.15) is 0 Å². The Hall–Kier alpha value is -0.950. The first-order valence-corrected chi connectivity index (χ1v) is 6.17. The van der Waals surface area contributed by atoms with Crippen molar-refractivity contribution < 1.29 is 0 Å². The lowest BCUT2D eigenvalue weighted by Gasteiger charge is -2.10. The summed E-state index contributed by atoms with van der Waals surface area (Å²) >= 11 is 1.86. The Bertz CT molecular complexity index is 396. The van der Waals surface area contributed by atoms with E-state index < -0.39 is 0 Å². The Morgan fingerprint density at radius 2 is 1.80 bits per heavy atom. The zero-order valence-corrected chi connectivity index (χ0v) is 10.1. The summed E-state index contributed by atoms with van der Waals surface area (Å²) in [7, 11) is 0. The van der Waals surface area contributed by atoms with Crippen LogP contribution in [0.3, 0.4) is 0 Å². The molecule has 0 aliphatic heterocycles. The summed E-state index contributed by atoms with van der Waals surface area (Å²) in [6.45, 7) is 4.33. The lowest BCUT2D eigenvalue weighted by Crippen LogP contribution is -1.86. The summed E-state index contributed by atoms with van der Waals surface area (Å²) in [5.41, 5.74) is 2.82. The lowest BCUT2D eigenvalue weighted by molar-refractivity contribution is 0.958. The highest BCUT2D eigenvalue weighted by Gasteiger charge is 2.03. The maximum Gasteiger partial charge on any atom is 0.0122 e. The second-order valence-corrected chi connectivity index (χ2v) is 5.20. The van der Waals surface area contributed by atoms with E-state index in [9.17, 15) is 0 Å². The number of benzene rings is 1. The molecule has 0 aromatic heterocycles. The topological polar surface area (TPSA) is 0 Å². The van der Waals surface area contributed by atoms with Gasteiger partial charge in [0.05, 0.1) is 0 Å². The lowest BCUT2D eigenvalue weighted by atomic mass is 10.1. The van der Waals surface area contributed by atoms with Gasteiger partial charge >= 0.3 is 0 Å². The number of hydrogen-bond acceptors (Lipinski definition) is 1. The van der Waals surface area contributed by atoms with Gasteiger partial charge in [0.1, 0.15) is 0 Å². The third-order valence-corrected chi connectivity index (χ3v) is 3.56. The largest absolute Gasteiger partial charge is 0.0904 e. The quantitative estimate of drug-likeness (QED) is 0.690. The first-order chi connectivity index (χ1) is 7.24. The van der Waals surface area contributed by atoms with Crippen molar-refractivity contribution in [1.82, 2.24) is 0 Å². The van der Waals surface area contributed by atoms with Crippen LogP contribution in [0.15, 0.2) is 51.8 Å². The van der Waals surface area contributed by atoms with E-state index in [1.165, 1.54) is 33.8 Å². The zero-order chi connectivity index (χ0) is 10.7. The molecule has 0 heterocycles. The Morgan fingerprint density at radius 1 is 1.07 bits per heavy atom. The Morgan fingerprint density at radius 3 is 2.47 bits per heavy atom. The van der Waals surface area contributed by atoms with Crippen molar-refractivity contribution in [2.45, 2.75) is 31.6 Å². The summed E-state index contributed by atoms with van der Waals surface area (Å²) in [4.78, 5) is 2.72. The van der Waals surface area contributed by atoms with Crippen LogP contribution < -0.4 is 0 Å². The molecule has 0 fully saturated rings. The molecular weight excluding hydrogens is 200 g/mol. The highest BCUT2D eigenvalue weighted by atomic mass is 32.2. The van der Waals surface area contributed by atoms with Gasteiger partial charge in [-0.15, -0.1) is 0 Å². The van der Waals surface area contributed by atoms with Crippen molar-refractivity contribution in [3.63, 3.8) is 0 Å². The highest BCUT2D eigenvalue weighted by molar-refractivity contribution is 8.03. The number of aryl methyl sites for hydroxylation is 1. The number of allylic oxidation sites excluding steroid dienone is 3. The molecule has 1 aromatic rings. The van der Waals surface area contributed by atoms with Crippen LogP contribution in [0.1, 0.15) is 25.3 Å². The average molecular weight is 216 g/mol. The van der Waals surface area contributed by atoms with E-state index in [2.05, 4.69) is 50.3 Å². The van der Waals surface area contributed by atoms with E-state index in [0.29, 0.717) is 0 Å². The van der Waals surface area contributed by atoms with E-state index in [-0.39, 0.29) is 0 Å². The van der Waals surface area contributed by atoms with Gasteiger partial charge in [0.25, 0.3) is 0 Å². The van der Waals surface area contributed by atoms with E-state index in [4.69, 9.17) is 0 Å². The molecule has 0 bridgehead atoms. The Labute approximate surface area is 96.1 Å². The fraction of sp³-hybridized carbons (Fsp3) is 0.286. The monoisotopic (exact) mass is 216 g/mol. The second-order valence-electron chi connectivity index (χ2n) is 4.05. The van der Waals surface area contributed by atoms with Crippen molar-refractivity contribution in [2.75, 3.05) is 0 Å². The van der Waals surface area contributed by atoms with Gasteiger partial charge in [0, 0.05) is 9.80 Å². The molecule has 0 N–H and O–H groups in total. The Kier molecular flexibility index (Phi) is 3.32. The first-order valence-electron chi connectivity index (χ1n) is 5.36. The van der Waals surface area contributed by atoms with Crippen molar-refractivity contribution in [3.05, 3.63) is 52.5 Å². The van der Waals surface area contributed by atoms with Gasteiger partial charge in [-0.3, -0.25) is 0 Å². The van der Waals surface area contributed by atoms with Crippen molar-refractivity contribution in [3.8, 4) is 0 Å². The third-order valence-electron chi connectivity index (χ3n) is 2.53. The molecule has 78 valence electrons. The summed E-state index contributed by atoms with van der Waals surface area (Å²) in [6.07, 6.45) is 7.04. The van der Waals surface area contributed by atoms with Crippen LogP contribution in [-0.2, 0) is 0 Å². The molecule has 0 radical (unpaired) electrons. The predicted octanol–water partition coefficient (Wildman–Crippen LogP) is 4.71. The molecule has 0 saturated carbocycles. The normalized spacial score (nSPS) is 15.9. The number of hydrogen-bond donors (Lipinski definition) is 0. The Balaban J connectivity index is 2.09. The number of rotatable bonds is 2. The van der Waals surface area contributed by atoms with Crippen LogP contribution in [0.2, 0.25) is 0 Å². The van der Waals surface area contributed by atoms with Crippen LogP contribution >= 0.6 is 11.8 Å². The molecule has 15 heavy (non-hydrogen) atoms. The van der Waals surface area contributed by atoms with E-state index in [1.807, 2.05) is 11.8 Å². The van der Waals surface area contributed by atoms with Gasteiger partial charge < -0.3 is 0 Å². The molecule has 0 spiro atoms. The summed E-state index contributed by atoms with van der Waals surface area (Å²) in [5, 5.41) is 0. The average Bonchev–Trinajstić information content (AvgIpc) is 2.22. The van der Waals surface area contributed by atoms with Crippen molar-refractivity contribution in [1.29, 1.82) is 0 Å². The zero-order valence-electron chi connectivity index (χ0n) is 9.29. The molecule has 0 amide bonds. The minimum Gasteiger partial charge on any atom is -0.0904 e. The molecule has 1 aromatic carbocycles. The van der Waals surface area contributed by atoms with Gasteiger partial charge in [-0.1, -0.05) is 41.1 Å². The van der Waals surface area contributed by atoms with Gasteiger partial charge in [-0.25, -0.2) is 0 Å². The fourth-order valence-corrected chi connectivity index (χ4v) is 2.64. The molecule has 1 aliphatic rings. The minimum atomic E-state index is 1.19. The van der Waals surface area contributed by atoms with Gasteiger partial charge in [0.2, 0.25) is 0 Å². The molecule has 1 heteroatoms. The third kappa shape index (κ3) is 3.00. The van der Waals surface area contributed by atoms with Crippen LogP contribution in [0.25, 0.3) is 0 Å².